The molecule has 3 rings (SSSR count). The number of phenols is 1. The summed E-state index contributed by atoms with van der Waals surface area (Å²) < 4.78 is 10.3. The van der Waals surface area contributed by atoms with Gasteiger partial charge >= 0.3 is 0 Å². The lowest BCUT2D eigenvalue weighted by Gasteiger charge is -2.06. The third-order valence-corrected chi connectivity index (χ3v) is 2.81. The van der Waals surface area contributed by atoms with Gasteiger partial charge in [0, 0.05) is 24.0 Å². The van der Waals surface area contributed by atoms with Crippen LogP contribution in [-0.2, 0) is 0 Å². The van der Waals surface area contributed by atoms with E-state index in [0.717, 1.165) is 11.1 Å². The SMILES string of the molecule is COc1cc(O)cc(-c2cncc(-c3nnco3)c2)c1. The Morgan fingerprint density at radius 2 is 1.90 bits per heavy atom. The molecule has 0 atom stereocenters. The first kappa shape index (κ1) is 12.2. The van der Waals surface area contributed by atoms with Gasteiger partial charge in [0.1, 0.15) is 11.5 Å². The quantitative estimate of drug-likeness (QED) is 0.786. The van der Waals surface area contributed by atoms with Gasteiger partial charge in [0.2, 0.25) is 12.3 Å². The molecule has 6 nitrogen and oxygen atoms in total. The minimum absolute atomic E-state index is 0.127. The Balaban J connectivity index is 2.06. The van der Waals surface area contributed by atoms with Crippen LogP contribution in [0.4, 0.5) is 0 Å². The van der Waals surface area contributed by atoms with Crippen molar-refractivity contribution < 1.29 is 14.3 Å². The zero-order chi connectivity index (χ0) is 13.9. The van der Waals surface area contributed by atoms with Crippen molar-refractivity contribution in [3.05, 3.63) is 43.1 Å². The van der Waals surface area contributed by atoms with Gasteiger partial charge in [-0.05, 0) is 23.8 Å². The van der Waals surface area contributed by atoms with Crippen LogP contribution in [0.3, 0.4) is 0 Å². The minimum Gasteiger partial charge on any atom is -0.508 e. The summed E-state index contributed by atoms with van der Waals surface area (Å²) in [5, 5.41) is 17.2. The number of aromatic nitrogens is 3. The number of phenolic OH excluding ortho intramolecular Hbond substituents is 1. The second kappa shape index (κ2) is 5.00. The molecule has 3 aromatic rings. The Morgan fingerprint density at radius 1 is 1.05 bits per heavy atom. The molecule has 0 fully saturated rings. The van der Waals surface area contributed by atoms with Gasteiger partial charge in [-0.15, -0.1) is 10.2 Å². The normalized spacial score (nSPS) is 10.4. The number of methoxy groups -OCH3 is 1. The molecular weight excluding hydrogens is 258 g/mol. The second-order valence-electron chi connectivity index (χ2n) is 4.13. The van der Waals surface area contributed by atoms with E-state index in [0.29, 0.717) is 17.2 Å². The van der Waals surface area contributed by atoms with E-state index in [1.165, 1.54) is 6.39 Å². The summed E-state index contributed by atoms with van der Waals surface area (Å²) in [4.78, 5) is 4.15. The van der Waals surface area contributed by atoms with Crippen molar-refractivity contribution in [1.29, 1.82) is 0 Å². The lowest BCUT2D eigenvalue weighted by molar-refractivity contribution is 0.408. The number of nitrogens with zero attached hydrogens (tertiary/aromatic N) is 3. The molecule has 0 aliphatic carbocycles. The number of benzene rings is 1. The van der Waals surface area contributed by atoms with E-state index < -0.39 is 0 Å². The summed E-state index contributed by atoms with van der Waals surface area (Å²) in [7, 11) is 1.55. The molecule has 0 saturated heterocycles. The fourth-order valence-electron chi connectivity index (χ4n) is 1.88. The van der Waals surface area contributed by atoms with E-state index >= 15 is 0 Å². The molecule has 0 bridgehead atoms. The first-order chi connectivity index (χ1) is 9.76. The summed E-state index contributed by atoms with van der Waals surface area (Å²) >= 11 is 0. The number of hydrogen-bond donors (Lipinski definition) is 1. The topological polar surface area (TPSA) is 81.3 Å². The maximum atomic E-state index is 9.70. The molecule has 2 heterocycles. The Morgan fingerprint density at radius 3 is 2.65 bits per heavy atom. The molecule has 1 aromatic carbocycles. The highest BCUT2D eigenvalue weighted by Gasteiger charge is 2.08. The molecule has 0 saturated carbocycles. The van der Waals surface area contributed by atoms with E-state index in [2.05, 4.69) is 15.2 Å². The van der Waals surface area contributed by atoms with Crippen molar-refractivity contribution in [3.63, 3.8) is 0 Å². The molecule has 0 unspecified atom stereocenters. The van der Waals surface area contributed by atoms with Crippen molar-refractivity contribution in [2.75, 3.05) is 7.11 Å². The largest absolute Gasteiger partial charge is 0.508 e. The third kappa shape index (κ3) is 2.31. The van der Waals surface area contributed by atoms with Crippen molar-refractivity contribution in [1.82, 2.24) is 15.2 Å². The molecule has 0 aliphatic rings. The minimum atomic E-state index is 0.127. The van der Waals surface area contributed by atoms with Crippen molar-refractivity contribution in [3.8, 4) is 34.1 Å². The molecule has 0 spiro atoms. The van der Waals surface area contributed by atoms with Crippen molar-refractivity contribution >= 4 is 0 Å². The molecular formula is C14H11N3O3. The molecule has 0 aliphatic heterocycles. The predicted molar refractivity (Wildman–Crippen MR) is 71.2 cm³/mol. The van der Waals surface area contributed by atoms with Gasteiger partial charge in [0.05, 0.1) is 12.7 Å². The summed E-state index contributed by atoms with van der Waals surface area (Å²) in [6.07, 6.45) is 4.59. The monoisotopic (exact) mass is 269 g/mol. The number of hydrogen-bond acceptors (Lipinski definition) is 6. The van der Waals surface area contributed by atoms with E-state index in [1.807, 2.05) is 12.1 Å². The Hall–Kier alpha value is -2.89. The lowest BCUT2D eigenvalue weighted by Crippen LogP contribution is -1.87. The molecule has 0 radical (unpaired) electrons. The highest BCUT2D eigenvalue weighted by atomic mass is 16.5. The first-order valence-corrected chi connectivity index (χ1v) is 5.86. The second-order valence-corrected chi connectivity index (χ2v) is 4.13. The molecule has 6 heteroatoms. The summed E-state index contributed by atoms with van der Waals surface area (Å²) in [5.74, 6) is 1.09. The molecule has 2 aromatic heterocycles. The predicted octanol–water partition coefficient (Wildman–Crippen LogP) is 2.51. The Kier molecular flexibility index (Phi) is 3.04. The number of aromatic hydroxyl groups is 1. The first-order valence-electron chi connectivity index (χ1n) is 5.86. The summed E-state index contributed by atoms with van der Waals surface area (Å²) in [6, 6.07) is 6.85. The van der Waals surface area contributed by atoms with Gasteiger partial charge in [-0.3, -0.25) is 4.98 Å². The van der Waals surface area contributed by atoms with Gasteiger partial charge in [-0.1, -0.05) is 0 Å². The smallest absolute Gasteiger partial charge is 0.249 e. The van der Waals surface area contributed by atoms with Crippen molar-refractivity contribution in [2.24, 2.45) is 0 Å². The van der Waals surface area contributed by atoms with E-state index in [4.69, 9.17) is 9.15 Å². The summed E-state index contributed by atoms with van der Waals surface area (Å²) in [6.45, 7) is 0. The van der Waals surface area contributed by atoms with Crippen LogP contribution in [0, 0.1) is 0 Å². The molecule has 0 amide bonds. The highest BCUT2D eigenvalue weighted by Crippen LogP contribution is 2.30. The van der Waals surface area contributed by atoms with Crippen LogP contribution in [0.25, 0.3) is 22.6 Å². The average molecular weight is 269 g/mol. The molecule has 1 N–H and O–H groups in total. The number of pyridine rings is 1. The summed E-state index contributed by atoms with van der Waals surface area (Å²) in [5.41, 5.74) is 2.31. The van der Waals surface area contributed by atoms with E-state index in [1.54, 1.807) is 31.6 Å². The lowest BCUT2D eigenvalue weighted by atomic mass is 10.1. The standard InChI is InChI=1S/C14H11N3O3/c1-19-13-4-9(3-12(18)5-13)10-2-11(7-15-6-10)14-17-16-8-20-14/h2-8,18H,1H3. The van der Waals surface area contributed by atoms with Gasteiger partial charge in [-0.2, -0.15) is 0 Å². The zero-order valence-electron chi connectivity index (χ0n) is 10.6. The van der Waals surface area contributed by atoms with E-state index in [-0.39, 0.29) is 5.75 Å². The fraction of sp³-hybridized carbons (Fsp3) is 0.0714. The molecule has 20 heavy (non-hydrogen) atoms. The fourth-order valence-corrected chi connectivity index (χ4v) is 1.88. The number of ether oxygens (including phenoxy) is 1. The van der Waals surface area contributed by atoms with Gasteiger partial charge in [0.15, 0.2) is 0 Å². The highest BCUT2D eigenvalue weighted by molar-refractivity contribution is 5.70. The zero-order valence-corrected chi connectivity index (χ0v) is 10.6. The van der Waals surface area contributed by atoms with Crippen LogP contribution in [-0.4, -0.2) is 27.4 Å². The maximum absolute atomic E-state index is 9.70. The van der Waals surface area contributed by atoms with Crippen LogP contribution in [0.15, 0.2) is 47.5 Å². The van der Waals surface area contributed by atoms with Crippen LogP contribution in [0.5, 0.6) is 11.5 Å². The molecule has 100 valence electrons. The Labute approximate surface area is 114 Å². The van der Waals surface area contributed by atoms with Crippen LogP contribution in [0.1, 0.15) is 0 Å². The van der Waals surface area contributed by atoms with Crippen molar-refractivity contribution in [2.45, 2.75) is 0 Å². The van der Waals surface area contributed by atoms with Gasteiger partial charge in [-0.25, -0.2) is 0 Å². The Bertz CT molecular complexity index is 726. The van der Waals surface area contributed by atoms with Gasteiger partial charge < -0.3 is 14.3 Å². The third-order valence-electron chi connectivity index (χ3n) is 2.81. The van der Waals surface area contributed by atoms with Gasteiger partial charge in [0.25, 0.3) is 0 Å². The average Bonchev–Trinajstić information content (AvgIpc) is 3.01. The van der Waals surface area contributed by atoms with Crippen LogP contribution in [0.2, 0.25) is 0 Å². The van der Waals surface area contributed by atoms with Crippen LogP contribution >= 0.6 is 0 Å². The maximum Gasteiger partial charge on any atom is 0.249 e. The number of rotatable bonds is 3. The van der Waals surface area contributed by atoms with E-state index in [9.17, 15) is 5.11 Å². The van der Waals surface area contributed by atoms with Crippen LogP contribution < -0.4 is 4.74 Å².